The highest BCUT2D eigenvalue weighted by Gasteiger charge is 2.09. The fourth-order valence-electron chi connectivity index (χ4n) is 2.64. The van der Waals surface area contributed by atoms with Gasteiger partial charge in [0.1, 0.15) is 5.82 Å². The Morgan fingerprint density at radius 3 is 2.38 bits per heavy atom. The molecule has 0 spiro atoms. The van der Waals surface area contributed by atoms with E-state index in [1.54, 1.807) is 0 Å². The quantitative estimate of drug-likeness (QED) is 0.828. The van der Waals surface area contributed by atoms with Crippen LogP contribution in [0.3, 0.4) is 0 Å². The normalized spacial score (nSPS) is 10.9. The minimum absolute atomic E-state index is 0.802. The van der Waals surface area contributed by atoms with Crippen molar-refractivity contribution in [3.05, 3.63) is 58.2 Å². The van der Waals surface area contributed by atoms with Crippen LogP contribution >= 0.6 is 0 Å². The number of likely N-dealkylation sites (N-methyl/N-ethyl adjacent to an activating group) is 1. The highest BCUT2D eigenvalue weighted by atomic mass is 14.9. The van der Waals surface area contributed by atoms with E-state index in [9.17, 15) is 0 Å². The lowest BCUT2D eigenvalue weighted by molar-refractivity contribution is 0.705. The van der Waals surface area contributed by atoms with Gasteiger partial charge in [-0.1, -0.05) is 36.8 Å². The summed E-state index contributed by atoms with van der Waals surface area (Å²) in [6.45, 7) is 10.4. The van der Waals surface area contributed by atoms with Crippen molar-refractivity contribution in [2.24, 2.45) is 0 Å². The molecule has 2 rings (SSSR count). The summed E-state index contributed by atoms with van der Waals surface area (Å²) in [6, 6.07) is 8.55. The first-order chi connectivity index (χ1) is 10.1. The molecule has 112 valence electrons. The molecule has 1 aromatic carbocycles. The van der Waals surface area contributed by atoms with E-state index >= 15 is 0 Å². The van der Waals surface area contributed by atoms with Gasteiger partial charge in [-0.05, 0) is 51.4 Å². The lowest BCUT2D eigenvalue weighted by Crippen LogP contribution is -2.18. The fourth-order valence-corrected chi connectivity index (χ4v) is 2.64. The Bertz CT molecular complexity index is 582. The van der Waals surface area contributed by atoms with E-state index in [2.05, 4.69) is 57.3 Å². The van der Waals surface area contributed by atoms with Crippen molar-refractivity contribution < 1.29 is 0 Å². The van der Waals surface area contributed by atoms with E-state index in [1.807, 2.05) is 0 Å². The average molecular weight is 283 g/mol. The first-order valence-electron chi connectivity index (χ1n) is 7.69. The average Bonchev–Trinajstić information content (AvgIpc) is 2.42. The summed E-state index contributed by atoms with van der Waals surface area (Å²) >= 11 is 0. The van der Waals surface area contributed by atoms with Gasteiger partial charge >= 0.3 is 0 Å². The number of hydrogen-bond acceptors (Lipinski definition) is 3. The van der Waals surface area contributed by atoms with Gasteiger partial charge in [0, 0.05) is 17.8 Å². The minimum atomic E-state index is 0.802. The zero-order valence-corrected chi connectivity index (χ0v) is 13.5. The molecule has 1 aromatic heterocycles. The molecule has 0 saturated carbocycles. The monoisotopic (exact) mass is 283 g/mol. The Morgan fingerprint density at radius 2 is 1.76 bits per heavy atom. The van der Waals surface area contributed by atoms with Crippen LogP contribution in [-0.2, 0) is 12.8 Å². The van der Waals surface area contributed by atoms with Crippen LogP contribution < -0.4 is 5.32 Å². The van der Waals surface area contributed by atoms with Gasteiger partial charge < -0.3 is 5.32 Å². The molecule has 0 atom stereocenters. The van der Waals surface area contributed by atoms with E-state index in [-0.39, 0.29) is 0 Å². The summed E-state index contributed by atoms with van der Waals surface area (Å²) in [5.41, 5.74) is 6.06. The molecule has 0 aliphatic rings. The highest BCUT2D eigenvalue weighted by Crippen LogP contribution is 2.14. The van der Waals surface area contributed by atoms with Crippen molar-refractivity contribution >= 4 is 0 Å². The Hall–Kier alpha value is -1.74. The van der Waals surface area contributed by atoms with Crippen LogP contribution in [0.2, 0.25) is 0 Å². The Kier molecular flexibility index (Phi) is 5.45. The Labute approximate surface area is 127 Å². The van der Waals surface area contributed by atoms with Gasteiger partial charge in [-0.3, -0.25) is 0 Å². The molecular weight excluding hydrogens is 258 g/mol. The van der Waals surface area contributed by atoms with E-state index in [4.69, 9.17) is 9.97 Å². The summed E-state index contributed by atoms with van der Waals surface area (Å²) in [5, 5.41) is 3.36. The molecule has 0 radical (unpaired) electrons. The molecule has 0 amide bonds. The number of nitrogens with zero attached hydrogens (tertiary/aromatic N) is 2. The third-order valence-electron chi connectivity index (χ3n) is 3.71. The molecule has 21 heavy (non-hydrogen) atoms. The van der Waals surface area contributed by atoms with Crippen LogP contribution in [0.25, 0.3) is 0 Å². The van der Waals surface area contributed by atoms with Crippen LogP contribution in [0.15, 0.2) is 24.3 Å². The number of benzene rings is 1. The first kappa shape index (κ1) is 15.6. The molecule has 0 aliphatic heterocycles. The van der Waals surface area contributed by atoms with Crippen LogP contribution in [-0.4, -0.2) is 23.1 Å². The topological polar surface area (TPSA) is 37.8 Å². The predicted molar refractivity (Wildman–Crippen MR) is 87.7 cm³/mol. The molecular formula is C18H25N3. The summed E-state index contributed by atoms with van der Waals surface area (Å²) in [4.78, 5) is 9.40. The van der Waals surface area contributed by atoms with E-state index in [1.165, 1.54) is 16.7 Å². The van der Waals surface area contributed by atoms with Gasteiger partial charge in [0.25, 0.3) is 0 Å². The zero-order valence-electron chi connectivity index (χ0n) is 13.5. The molecule has 1 N–H and O–H groups in total. The van der Waals surface area contributed by atoms with Crippen molar-refractivity contribution in [3.8, 4) is 0 Å². The maximum absolute atomic E-state index is 4.70. The molecule has 0 saturated heterocycles. The third-order valence-corrected chi connectivity index (χ3v) is 3.71. The Balaban J connectivity index is 2.15. The molecule has 3 nitrogen and oxygen atoms in total. The third kappa shape index (κ3) is 4.36. The maximum atomic E-state index is 4.70. The van der Waals surface area contributed by atoms with Gasteiger partial charge in [-0.15, -0.1) is 0 Å². The summed E-state index contributed by atoms with van der Waals surface area (Å²) < 4.78 is 0. The van der Waals surface area contributed by atoms with Crippen LogP contribution in [0.4, 0.5) is 0 Å². The zero-order chi connectivity index (χ0) is 15.2. The molecule has 1 heterocycles. The molecule has 3 heteroatoms. The van der Waals surface area contributed by atoms with Gasteiger partial charge in [-0.2, -0.15) is 0 Å². The second-order valence-electron chi connectivity index (χ2n) is 5.56. The SMILES string of the molecule is CCNCCc1c(C)nc(Cc2cccc(C)c2)nc1C. The van der Waals surface area contributed by atoms with Gasteiger partial charge in [0.15, 0.2) is 0 Å². The van der Waals surface area contributed by atoms with Crippen LogP contribution in [0, 0.1) is 20.8 Å². The minimum Gasteiger partial charge on any atom is -0.317 e. The lowest BCUT2D eigenvalue weighted by Gasteiger charge is -2.11. The van der Waals surface area contributed by atoms with Gasteiger partial charge in [-0.25, -0.2) is 9.97 Å². The molecule has 0 aliphatic carbocycles. The summed E-state index contributed by atoms with van der Waals surface area (Å²) in [6.07, 6.45) is 1.80. The van der Waals surface area contributed by atoms with Gasteiger partial charge in [0.05, 0.1) is 0 Å². The smallest absolute Gasteiger partial charge is 0.133 e. The van der Waals surface area contributed by atoms with Crippen molar-refractivity contribution in [2.75, 3.05) is 13.1 Å². The molecule has 0 bridgehead atoms. The van der Waals surface area contributed by atoms with Crippen molar-refractivity contribution in [3.63, 3.8) is 0 Å². The van der Waals surface area contributed by atoms with Crippen LogP contribution in [0.1, 0.15) is 40.8 Å². The second kappa shape index (κ2) is 7.32. The number of hydrogen-bond donors (Lipinski definition) is 1. The lowest BCUT2D eigenvalue weighted by atomic mass is 10.1. The van der Waals surface area contributed by atoms with E-state index < -0.39 is 0 Å². The standard InChI is InChI=1S/C18H25N3/c1-5-19-10-9-17-14(3)20-18(21-15(17)4)12-16-8-6-7-13(2)11-16/h6-8,11,19H,5,9-10,12H2,1-4H3. The fraction of sp³-hybridized carbons (Fsp3) is 0.444. The largest absolute Gasteiger partial charge is 0.317 e. The Morgan fingerprint density at radius 1 is 1.05 bits per heavy atom. The molecule has 0 fully saturated rings. The van der Waals surface area contributed by atoms with E-state index in [0.717, 1.165) is 43.1 Å². The van der Waals surface area contributed by atoms with Crippen LogP contribution in [0.5, 0.6) is 0 Å². The van der Waals surface area contributed by atoms with E-state index in [0.29, 0.717) is 0 Å². The second-order valence-corrected chi connectivity index (χ2v) is 5.56. The number of aromatic nitrogens is 2. The number of nitrogens with one attached hydrogen (secondary N) is 1. The summed E-state index contributed by atoms with van der Waals surface area (Å²) in [7, 11) is 0. The van der Waals surface area contributed by atoms with Crippen molar-refractivity contribution in [1.29, 1.82) is 0 Å². The van der Waals surface area contributed by atoms with Crippen molar-refractivity contribution in [1.82, 2.24) is 15.3 Å². The molecule has 2 aromatic rings. The summed E-state index contributed by atoms with van der Waals surface area (Å²) in [5.74, 6) is 0.919. The predicted octanol–water partition coefficient (Wildman–Crippen LogP) is 3.14. The number of rotatable bonds is 6. The molecule has 0 unspecified atom stereocenters. The number of aryl methyl sites for hydroxylation is 3. The van der Waals surface area contributed by atoms with Crippen molar-refractivity contribution in [2.45, 2.75) is 40.5 Å². The maximum Gasteiger partial charge on any atom is 0.133 e. The highest BCUT2D eigenvalue weighted by molar-refractivity contribution is 5.28. The van der Waals surface area contributed by atoms with Gasteiger partial charge in [0.2, 0.25) is 0 Å². The first-order valence-corrected chi connectivity index (χ1v) is 7.69.